The molecule has 0 spiro atoms. The van der Waals surface area contributed by atoms with Gasteiger partial charge in [-0.2, -0.15) is 0 Å². The fraction of sp³-hybridized carbons (Fsp3) is 0.500. The van der Waals surface area contributed by atoms with Crippen molar-refractivity contribution in [2.45, 2.75) is 19.0 Å². The summed E-state index contributed by atoms with van der Waals surface area (Å²) in [5.41, 5.74) is 5.41. The van der Waals surface area contributed by atoms with Crippen LogP contribution in [0.2, 0.25) is 0 Å². The highest BCUT2D eigenvalue weighted by atomic mass is 19.3. The number of alkyl halides is 2. The molecule has 8 heteroatoms. The van der Waals surface area contributed by atoms with Crippen LogP contribution in [0.4, 0.5) is 8.78 Å². The first-order valence-corrected chi connectivity index (χ1v) is 6.25. The van der Waals surface area contributed by atoms with Gasteiger partial charge in [0.15, 0.2) is 0 Å². The van der Waals surface area contributed by atoms with Crippen LogP contribution in [0.3, 0.4) is 0 Å². The minimum atomic E-state index is -2.55. The van der Waals surface area contributed by atoms with Gasteiger partial charge in [-0.3, -0.25) is 9.59 Å². The van der Waals surface area contributed by atoms with Crippen LogP contribution in [0, 0.1) is 0 Å². The molecule has 1 saturated heterocycles. The van der Waals surface area contributed by atoms with Gasteiger partial charge in [0.2, 0.25) is 5.91 Å². The van der Waals surface area contributed by atoms with Crippen molar-refractivity contribution >= 4 is 11.8 Å². The average molecular weight is 286 g/mol. The van der Waals surface area contributed by atoms with Crippen LogP contribution in [0.5, 0.6) is 0 Å². The summed E-state index contributed by atoms with van der Waals surface area (Å²) in [6.45, 7) is 0.565. The largest absolute Gasteiger partial charge is 0.368 e. The molecular weight excluding hydrogens is 270 g/mol. The summed E-state index contributed by atoms with van der Waals surface area (Å²) < 4.78 is 26.1. The maximum absolute atomic E-state index is 12.5. The van der Waals surface area contributed by atoms with E-state index in [2.05, 4.69) is 5.32 Å². The summed E-state index contributed by atoms with van der Waals surface area (Å²) in [7, 11) is 0. The summed E-state index contributed by atoms with van der Waals surface area (Å²) in [5, 5.41) is 2.97. The fourth-order valence-corrected chi connectivity index (χ4v) is 2.26. The summed E-state index contributed by atoms with van der Waals surface area (Å²) in [4.78, 5) is 25.1. The lowest BCUT2D eigenvalue weighted by Crippen LogP contribution is -2.58. The molecule has 1 aliphatic rings. The molecule has 1 fully saturated rings. The molecule has 2 amide bonds. The second-order valence-electron chi connectivity index (χ2n) is 4.56. The van der Waals surface area contributed by atoms with Crippen LogP contribution in [-0.2, 0) is 11.3 Å². The Morgan fingerprint density at radius 2 is 2.25 bits per heavy atom. The van der Waals surface area contributed by atoms with Gasteiger partial charge in [-0.05, 0) is 12.1 Å². The molecule has 1 atom stereocenters. The van der Waals surface area contributed by atoms with Gasteiger partial charge in [0, 0.05) is 25.8 Å². The van der Waals surface area contributed by atoms with E-state index in [4.69, 9.17) is 5.73 Å². The molecule has 0 aliphatic carbocycles. The van der Waals surface area contributed by atoms with E-state index >= 15 is 0 Å². The Morgan fingerprint density at radius 1 is 1.50 bits per heavy atom. The predicted molar refractivity (Wildman–Crippen MR) is 67.3 cm³/mol. The van der Waals surface area contributed by atoms with E-state index in [0.717, 1.165) is 0 Å². The van der Waals surface area contributed by atoms with Crippen molar-refractivity contribution in [2.75, 3.05) is 19.6 Å². The third-order valence-corrected chi connectivity index (χ3v) is 3.22. The van der Waals surface area contributed by atoms with Gasteiger partial charge < -0.3 is 20.5 Å². The van der Waals surface area contributed by atoms with Gasteiger partial charge in [0.25, 0.3) is 12.3 Å². The number of piperazine rings is 1. The van der Waals surface area contributed by atoms with E-state index in [0.29, 0.717) is 13.1 Å². The number of hydrogen-bond donors (Lipinski definition) is 2. The minimum absolute atomic E-state index is 0.137. The van der Waals surface area contributed by atoms with Crippen molar-refractivity contribution in [2.24, 2.45) is 5.73 Å². The third kappa shape index (κ3) is 2.96. The third-order valence-electron chi connectivity index (χ3n) is 3.22. The van der Waals surface area contributed by atoms with Crippen LogP contribution < -0.4 is 11.1 Å². The first-order chi connectivity index (χ1) is 9.50. The number of carbonyl (C=O) groups is 2. The minimum Gasteiger partial charge on any atom is -0.368 e. The predicted octanol–water partition coefficient (Wildman–Crippen LogP) is -0.348. The lowest BCUT2D eigenvalue weighted by atomic mass is 10.1. The van der Waals surface area contributed by atoms with Crippen LogP contribution in [-0.4, -0.2) is 53.4 Å². The zero-order valence-electron chi connectivity index (χ0n) is 10.8. The van der Waals surface area contributed by atoms with Crippen LogP contribution in [0.1, 0.15) is 10.5 Å². The zero-order chi connectivity index (χ0) is 14.7. The first kappa shape index (κ1) is 14.4. The number of hydrogen-bond acceptors (Lipinski definition) is 3. The van der Waals surface area contributed by atoms with Crippen LogP contribution in [0.25, 0.3) is 0 Å². The van der Waals surface area contributed by atoms with Gasteiger partial charge in [0.1, 0.15) is 11.7 Å². The van der Waals surface area contributed by atoms with Crippen LogP contribution in [0.15, 0.2) is 18.3 Å². The molecule has 0 saturated carbocycles. The number of carbonyl (C=O) groups excluding carboxylic acids is 2. The molecule has 0 radical (unpaired) electrons. The second-order valence-corrected chi connectivity index (χ2v) is 4.56. The van der Waals surface area contributed by atoms with Gasteiger partial charge in [-0.1, -0.05) is 0 Å². The van der Waals surface area contributed by atoms with E-state index in [1.165, 1.54) is 27.8 Å². The lowest BCUT2D eigenvalue weighted by Gasteiger charge is -2.34. The molecule has 6 nitrogen and oxygen atoms in total. The molecule has 20 heavy (non-hydrogen) atoms. The van der Waals surface area contributed by atoms with Crippen molar-refractivity contribution in [3.05, 3.63) is 24.0 Å². The molecule has 2 heterocycles. The number of primary amides is 1. The zero-order valence-corrected chi connectivity index (χ0v) is 10.8. The number of rotatable bonds is 4. The van der Waals surface area contributed by atoms with E-state index in [9.17, 15) is 18.4 Å². The van der Waals surface area contributed by atoms with E-state index in [-0.39, 0.29) is 12.2 Å². The highest BCUT2D eigenvalue weighted by molar-refractivity contribution is 5.96. The Balaban J connectivity index is 2.21. The lowest BCUT2D eigenvalue weighted by molar-refractivity contribution is -0.122. The van der Waals surface area contributed by atoms with Crippen molar-refractivity contribution in [1.29, 1.82) is 0 Å². The Kier molecular flexibility index (Phi) is 4.33. The average Bonchev–Trinajstić information content (AvgIpc) is 2.85. The maximum atomic E-state index is 12.5. The fourth-order valence-electron chi connectivity index (χ4n) is 2.26. The molecule has 1 aromatic rings. The van der Waals surface area contributed by atoms with E-state index < -0.39 is 30.8 Å². The number of amides is 2. The molecule has 0 aromatic carbocycles. The van der Waals surface area contributed by atoms with Gasteiger partial charge >= 0.3 is 0 Å². The monoisotopic (exact) mass is 286 g/mol. The highest BCUT2D eigenvalue weighted by Gasteiger charge is 2.32. The molecule has 1 aromatic heterocycles. The summed E-state index contributed by atoms with van der Waals surface area (Å²) in [5.74, 6) is -1.07. The van der Waals surface area contributed by atoms with Crippen molar-refractivity contribution < 1.29 is 18.4 Å². The topological polar surface area (TPSA) is 80.4 Å². The Labute approximate surface area is 114 Å². The van der Waals surface area contributed by atoms with Crippen molar-refractivity contribution in [1.82, 2.24) is 14.8 Å². The van der Waals surface area contributed by atoms with Gasteiger partial charge in [-0.15, -0.1) is 0 Å². The standard InChI is InChI=1S/C12H16F2N4O2/c13-10(14)7-17-4-1-2-8(17)12(20)18-5-3-16-6-9(18)11(15)19/h1-2,4,9-10,16H,3,5-7H2,(H2,15,19). The van der Waals surface area contributed by atoms with Gasteiger partial charge in [-0.25, -0.2) is 8.78 Å². The number of aromatic nitrogens is 1. The molecule has 110 valence electrons. The van der Waals surface area contributed by atoms with Crippen molar-refractivity contribution in [3.63, 3.8) is 0 Å². The highest BCUT2D eigenvalue weighted by Crippen LogP contribution is 2.13. The molecule has 0 bridgehead atoms. The molecule has 1 unspecified atom stereocenters. The van der Waals surface area contributed by atoms with Crippen molar-refractivity contribution in [3.8, 4) is 0 Å². The number of nitrogens with one attached hydrogen (secondary N) is 1. The van der Waals surface area contributed by atoms with E-state index in [1.54, 1.807) is 0 Å². The van der Waals surface area contributed by atoms with Gasteiger partial charge in [0.05, 0.1) is 6.54 Å². The summed E-state index contributed by atoms with van der Waals surface area (Å²) >= 11 is 0. The first-order valence-electron chi connectivity index (χ1n) is 6.25. The summed E-state index contributed by atoms with van der Waals surface area (Å²) in [6, 6.07) is 2.23. The normalized spacial score (nSPS) is 19.4. The molecular formula is C12H16F2N4O2. The molecule has 2 rings (SSSR count). The number of nitrogens with two attached hydrogens (primary N) is 1. The van der Waals surface area contributed by atoms with E-state index in [1.807, 2.05) is 0 Å². The SMILES string of the molecule is NC(=O)C1CNCCN1C(=O)c1cccn1CC(F)F. The Morgan fingerprint density at radius 3 is 2.90 bits per heavy atom. The Hall–Kier alpha value is -1.96. The second kappa shape index (κ2) is 6.00. The quantitative estimate of drug-likeness (QED) is 0.794. The van der Waals surface area contributed by atoms with Crippen LogP contribution >= 0.6 is 0 Å². The Bertz CT molecular complexity index is 503. The smallest absolute Gasteiger partial charge is 0.271 e. The number of halogens is 2. The number of nitrogens with zero attached hydrogens (tertiary/aromatic N) is 2. The molecule has 3 N–H and O–H groups in total. The maximum Gasteiger partial charge on any atom is 0.271 e. The molecule has 1 aliphatic heterocycles. The summed E-state index contributed by atoms with van der Waals surface area (Å²) in [6.07, 6.45) is -1.13.